The number of allylic oxidation sites excluding steroid dienone is 1. The zero-order chi connectivity index (χ0) is 40.6. The summed E-state index contributed by atoms with van der Waals surface area (Å²) in [6.45, 7) is 0. The van der Waals surface area contributed by atoms with Gasteiger partial charge in [0.15, 0.2) is 11.0 Å². The van der Waals surface area contributed by atoms with Gasteiger partial charge in [0.25, 0.3) is 0 Å². The van der Waals surface area contributed by atoms with Crippen LogP contribution in [0.3, 0.4) is 0 Å². The molecule has 12 rings (SSSR count). The Balaban J connectivity index is 1.14. The van der Waals surface area contributed by atoms with Crippen molar-refractivity contribution in [3.63, 3.8) is 0 Å². The van der Waals surface area contributed by atoms with Gasteiger partial charge in [-0.15, -0.1) is 0 Å². The molecule has 1 aliphatic rings. The molecular weight excluding hydrogens is 749 g/mol. The first-order chi connectivity index (χ1) is 30.2. The van der Waals surface area contributed by atoms with Crippen LogP contribution in [-0.4, -0.2) is 0 Å². The molecule has 0 aliphatic heterocycles. The maximum absolute atomic E-state index is 9.78. The van der Waals surface area contributed by atoms with Crippen molar-refractivity contribution < 1.29 is 8.83 Å². The van der Waals surface area contributed by atoms with Crippen molar-refractivity contribution in [3.8, 4) is 12.1 Å². The van der Waals surface area contributed by atoms with Crippen molar-refractivity contribution in [1.29, 1.82) is 10.5 Å². The van der Waals surface area contributed by atoms with Crippen LogP contribution in [0.5, 0.6) is 0 Å². The highest BCUT2D eigenvalue weighted by Crippen LogP contribution is 2.48. The fourth-order valence-corrected chi connectivity index (χ4v) is 9.36. The third kappa shape index (κ3) is 5.27. The van der Waals surface area contributed by atoms with Crippen molar-refractivity contribution in [2.45, 2.75) is 6.42 Å². The summed E-state index contributed by atoms with van der Waals surface area (Å²) in [6.07, 6.45) is 7.06. The lowest BCUT2D eigenvalue weighted by molar-refractivity contribution is 0.569. The monoisotopic (exact) mass is 780 g/mol. The summed E-state index contributed by atoms with van der Waals surface area (Å²) in [5.74, 6) is 0. The van der Waals surface area contributed by atoms with Crippen LogP contribution in [0.1, 0.15) is 17.5 Å². The summed E-state index contributed by atoms with van der Waals surface area (Å²) in [5, 5.41) is 30.4. The highest BCUT2D eigenvalue weighted by molar-refractivity contribution is 6.28. The third-order valence-corrected chi connectivity index (χ3v) is 12.1. The number of nitriles is 2. The summed E-state index contributed by atoms with van der Waals surface area (Å²) in [4.78, 5) is 4.57. The van der Waals surface area contributed by atoms with E-state index in [2.05, 4.69) is 119 Å². The number of hydrogen-bond acceptors (Lipinski definition) is 6. The maximum Gasteiger partial charge on any atom is 0.159 e. The average Bonchev–Trinajstić information content (AvgIpc) is 3.82. The van der Waals surface area contributed by atoms with Gasteiger partial charge in [0.05, 0.1) is 46.0 Å². The van der Waals surface area contributed by atoms with Crippen molar-refractivity contribution in [2.24, 2.45) is 0 Å². The zero-order valence-electron chi connectivity index (χ0n) is 32.6. The van der Waals surface area contributed by atoms with Crippen LogP contribution >= 0.6 is 0 Å². The van der Waals surface area contributed by atoms with E-state index in [1.165, 1.54) is 0 Å². The highest BCUT2D eigenvalue weighted by Gasteiger charge is 2.25. The second-order valence-electron chi connectivity index (χ2n) is 15.4. The Bertz CT molecular complexity index is 3820. The summed E-state index contributed by atoms with van der Waals surface area (Å²) >= 11 is 0. The topological polar surface area (TPSA) is 80.3 Å². The number of fused-ring (bicyclic) bond motifs is 6. The van der Waals surface area contributed by atoms with E-state index >= 15 is 0 Å². The fourth-order valence-electron chi connectivity index (χ4n) is 9.36. The van der Waals surface area contributed by atoms with E-state index in [-0.39, 0.29) is 0 Å². The molecule has 0 atom stereocenters. The van der Waals surface area contributed by atoms with Crippen LogP contribution in [-0.2, 0) is 0 Å². The van der Waals surface area contributed by atoms with Crippen LogP contribution < -0.4 is 20.4 Å². The summed E-state index contributed by atoms with van der Waals surface area (Å²) < 4.78 is 13.4. The Kier molecular flexibility index (Phi) is 7.62. The van der Waals surface area contributed by atoms with Gasteiger partial charge < -0.3 is 18.6 Å². The van der Waals surface area contributed by atoms with Crippen LogP contribution in [0.4, 0.5) is 28.4 Å². The molecule has 61 heavy (non-hydrogen) atoms. The molecular formula is C55H32N4O2. The molecule has 284 valence electrons. The number of anilines is 5. The summed E-state index contributed by atoms with van der Waals surface area (Å²) in [5.41, 5.74) is 10.2. The molecule has 9 aromatic carbocycles. The Morgan fingerprint density at radius 3 is 1.67 bits per heavy atom. The summed E-state index contributed by atoms with van der Waals surface area (Å²) in [7, 11) is 0. The van der Waals surface area contributed by atoms with E-state index in [0.717, 1.165) is 110 Å². The molecule has 11 aromatic rings. The quantitative estimate of drug-likeness (QED) is 0.156. The Morgan fingerprint density at radius 2 is 1.02 bits per heavy atom. The Labute approximate surface area is 349 Å². The predicted octanol–water partition coefficient (Wildman–Crippen LogP) is 13.1. The molecule has 0 amide bonds. The van der Waals surface area contributed by atoms with E-state index in [4.69, 9.17) is 8.83 Å². The Morgan fingerprint density at radius 1 is 0.459 bits per heavy atom. The molecule has 0 radical (unpaired) electrons. The van der Waals surface area contributed by atoms with Crippen molar-refractivity contribution in [2.75, 3.05) is 9.80 Å². The molecule has 0 saturated heterocycles. The largest absolute Gasteiger partial charge is 0.454 e. The van der Waals surface area contributed by atoms with Gasteiger partial charge in [-0.25, -0.2) is 0 Å². The van der Waals surface area contributed by atoms with Gasteiger partial charge in [-0.2, -0.15) is 10.5 Å². The lowest BCUT2D eigenvalue weighted by atomic mass is 9.91. The number of hydrogen-bond donors (Lipinski definition) is 0. The number of rotatable bonds is 6. The minimum atomic E-state index is 0.593. The van der Waals surface area contributed by atoms with Crippen molar-refractivity contribution >= 4 is 105 Å². The molecule has 0 N–H and O–H groups in total. The second-order valence-corrected chi connectivity index (χ2v) is 15.4. The zero-order valence-corrected chi connectivity index (χ0v) is 32.6. The molecule has 0 saturated carbocycles. The molecule has 2 aromatic heterocycles. The maximum atomic E-state index is 9.78. The molecule has 0 bridgehead atoms. The summed E-state index contributed by atoms with van der Waals surface area (Å²) in [6, 6.07) is 60.5. The van der Waals surface area contributed by atoms with E-state index < -0.39 is 0 Å². The van der Waals surface area contributed by atoms with E-state index in [0.29, 0.717) is 17.5 Å². The van der Waals surface area contributed by atoms with Crippen LogP contribution in [0.2, 0.25) is 0 Å². The predicted molar refractivity (Wildman–Crippen MR) is 247 cm³/mol. The van der Waals surface area contributed by atoms with E-state index in [1.807, 2.05) is 84.9 Å². The first-order valence-corrected chi connectivity index (χ1v) is 20.3. The molecule has 1 aliphatic carbocycles. The third-order valence-electron chi connectivity index (χ3n) is 12.1. The number of benzene rings is 9. The smallest absolute Gasteiger partial charge is 0.159 e. The van der Waals surface area contributed by atoms with Gasteiger partial charge in [-0.05, 0) is 100 Å². The first kappa shape index (κ1) is 34.5. The normalized spacial score (nSPS) is 12.5. The second kappa shape index (κ2) is 13.5. The minimum absolute atomic E-state index is 0.593. The average molecular weight is 781 g/mol. The fraction of sp³-hybridized carbons (Fsp3) is 0.0182. The molecule has 0 unspecified atom stereocenters. The highest BCUT2D eigenvalue weighted by atomic mass is 16.3. The minimum Gasteiger partial charge on any atom is -0.454 e. The Hall–Kier alpha value is -8.58. The van der Waals surface area contributed by atoms with E-state index in [9.17, 15) is 10.5 Å². The lowest BCUT2D eigenvalue weighted by Crippen LogP contribution is -2.30. The van der Waals surface area contributed by atoms with Crippen LogP contribution in [0.25, 0.3) is 77.0 Å². The van der Waals surface area contributed by atoms with Crippen molar-refractivity contribution in [1.82, 2.24) is 0 Å². The van der Waals surface area contributed by atoms with E-state index in [1.54, 1.807) is 0 Å². The number of furan rings is 2. The molecule has 0 spiro atoms. The van der Waals surface area contributed by atoms with Gasteiger partial charge in [0.2, 0.25) is 0 Å². The molecule has 0 fully saturated rings. The SMILES string of the molecule is N#Cc1ccc(N(C2=c3oc4ccccc4c3=CC=CC2)c2ccc3ccc4c(N(c5ccc(C#N)cc5)c5cccc6c5oc5ccccc56)ccc5ccc2c3c54)cc1. The van der Waals surface area contributed by atoms with Crippen molar-refractivity contribution in [3.05, 3.63) is 198 Å². The first-order valence-electron chi connectivity index (χ1n) is 20.3. The number of nitrogens with zero attached hydrogens (tertiary/aromatic N) is 4. The van der Waals surface area contributed by atoms with Gasteiger partial charge in [0, 0.05) is 49.9 Å². The van der Waals surface area contributed by atoms with Crippen LogP contribution in [0, 0.1) is 22.7 Å². The lowest BCUT2D eigenvalue weighted by Gasteiger charge is -2.30. The molecule has 6 heteroatoms. The number of para-hydroxylation sites is 3. The van der Waals surface area contributed by atoms with Gasteiger partial charge in [-0.1, -0.05) is 103 Å². The van der Waals surface area contributed by atoms with Crippen LogP contribution in [0.15, 0.2) is 185 Å². The standard InChI is InChI=1S/C55H32N4O2/c56-32-34-16-24-38(25-17-34)58(48-12-4-1-10-42-40-8-2-5-14-50(40)60-54(42)48)46-30-22-36-21-29-45-47(31-23-37-20-28-44(46)52(36)53(37)45)59(39-26-18-35(33-57)19-27-39)49-13-7-11-43-41-9-3-6-15-51(41)61-55(43)49/h1-11,13-31H,12H2. The molecule has 6 nitrogen and oxygen atoms in total. The van der Waals surface area contributed by atoms with Gasteiger partial charge in [0.1, 0.15) is 11.2 Å². The van der Waals surface area contributed by atoms with Gasteiger partial charge >= 0.3 is 0 Å². The molecule has 2 heterocycles. The van der Waals surface area contributed by atoms with Gasteiger partial charge in [-0.3, -0.25) is 0 Å².